The molecule has 1 aliphatic rings. The maximum Gasteiger partial charge on any atom is 0.268 e. The number of aryl methyl sites for hydroxylation is 1. The third-order valence-electron chi connectivity index (χ3n) is 3.33. The predicted octanol–water partition coefficient (Wildman–Crippen LogP) is 1.88. The highest BCUT2D eigenvalue weighted by molar-refractivity contribution is 6.03. The number of carbonyl (C=O) groups excluding carboxylic acids is 2. The van der Waals surface area contributed by atoms with Crippen LogP contribution in [0, 0.1) is 12.8 Å². The summed E-state index contributed by atoms with van der Waals surface area (Å²) in [7, 11) is 0. The summed E-state index contributed by atoms with van der Waals surface area (Å²) in [5, 5.41) is 2.84. The second-order valence-electron chi connectivity index (χ2n) is 5.85. The highest BCUT2D eigenvalue weighted by Crippen LogP contribution is 2.34. The van der Waals surface area contributed by atoms with Crippen LogP contribution >= 0.6 is 0 Å². The summed E-state index contributed by atoms with van der Waals surface area (Å²) in [6, 6.07) is 5.64. The molecule has 1 aliphatic heterocycles. The number of nitrogens with one attached hydrogen (secondary N) is 1. The van der Waals surface area contributed by atoms with Crippen molar-refractivity contribution in [2.24, 2.45) is 5.92 Å². The van der Waals surface area contributed by atoms with Gasteiger partial charge in [-0.3, -0.25) is 14.5 Å². The molecule has 0 bridgehead atoms. The molecule has 1 aromatic carbocycles. The molecule has 1 heterocycles. The third-order valence-corrected chi connectivity index (χ3v) is 3.33. The Hall–Kier alpha value is -2.04. The van der Waals surface area contributed by atoms with E-state index in [0.29, 0.717) is 23.9 Å². The Morgan fingerprint density at radius 3 is 2.81 bits per heavy atom. The fourth-order valence-electron chi connectivity index (χ4n) is 2.20. The van der Waals surface area contributed by atoms with Gasteiger partial charge in [0.25, 0.3) is 5.91 Å². The molecule has 0 radical (unpaired) electrons. The number of ether oxygens (including phenoxy) is 1. The average molecular weight is 290 g/mol. The van der Waals surface area contributed by atoms with E-state index in [-0.39, 0.29) is 18.4 Å². The van der Waals surface area contributed by atoms with Crippen LogP contribution in [0.25, 0.3) is 0 Å². The molecule has 0 spiro atoms. The number of amides is 2. The molecule has 5 heteroatoms. The first-order valence-corrected chi connectivity index (χ1v) is 7.24. The van der Waals surface area contributed by atoms with E-state index in [1.54, 1.807) is 6.92 Å². The summed E-state index contributed by atoms with van der Waals surface area (Å²) >= 11 is 0. The van der Waals surface area contributed by atoms with E-state index in [0.717, 1.165) is 5.56 Å². The van der Waals surface area contributed by atoms with Crippen molar-refractivity contribution >= 4 is 17.5 Å². The molecule has 2 amide bonds. The van der Waals surface area contributed by atoms with Crippen LogP contribution < -0.4 is 15.0 Å². The van der Waals surface area contributed by atoms with Crippen molar-refractivity contribution in [1.82, 2.24) is 5.32 Å². The Morgan fingerprint density at radius 1 is 1.43 bits per heavy atom. The zero-order chi connectivity index (χ0) is 15.6. The molecule has 21 heavy (non-hydrogen) atoms. The van der Waals surface area contributed by atoms with Gasteiger partial charge in [-0.15, -0.1) is 0 Å². The van der Waals surface area contributed by atoms with Crippen molar-refractivity contribution in [2.45, 2.75) is 33.8 Å². The van der Waals surface area contributed by atoms with Gasteiger partial charge in [-0.25, -0.2) is 0 Å². The van der Waals surface area contributed by atoms with Crippen LogP contribution in [0.15, 0.2) is 18.2 Å². The van der Waals surface area contributed by atoms with Gasteiger partial charge in [0.2, 0.25) is 5.91 Å². The lowest BCUT2D eigenvalue weighted by molar-refractivity contribution is -0.128. The normalized spacial score (nSPS) is 17.5. The van der Waals surface area contributed by atoms with Gasteiger partial charge in [-0.1, -0.05) is 19.9 Å². The fourth-order valence-corrected chi connectivity index (χ4v) is 2.20. The third kappa shape index (κ3) is 3.54. The largest absolute Gasteiger partial charge is 0.479 e. The summed E-state index contributed by atoms with van der Waals surface area (Å²) in [4.78, 5) is 25.8. The Balaban J connectivity index is 2.19. The minimum atomic E-state index is -0.571. The van der Waals surface area contributed by atoms with Crippen molar-refractivity contribution in [2.75, 3.05) is 18.0 Å². The predicted molar refractivity (Wildman–Crippen MR) is 81.5 cm³/mol. The van der Waals surface area contributed by atoms with E-state index in [2.05, 4.69) is 5.32 Å². The minimum absolute atomic E-state index is 0.0235. The number of rotatable bonds is 4. The lowest BCUT2D eigenvalue weighted by Gasteiger charge is -2.32. The Bertz CT molecular complexity index is 554. The van der Waals surface area contributed by atoms with Gasteiger partial charge < -0.3 is 10.1 Å². The smallest absolute Gasteiger partial charge is 0.268 e. The molecule has 0 aliphatic carbocycles. The van der Waals surface area contributed by atoms with Crippen LogP contribution in [-0.4, -0.2) is 31.0 Å². The van der Waals surface area contributed by atoms with Gasteiger partial charge >= 0.3 is 0 Å². The molecule has 5 nitrogen and oxygen atoms in total. The van der Waals surface area contributed by atoms with Crippen LogP contribution in [0.2, 0.25) is 0 Å². The van der Waals surface area contributed by atoms with E-state index in [9.17, 15) is 9.59 Å². The maximum absolute atomic E-state index is 12.3. The Labute approximate surface area is 125 Å². The molecule has 0 saturated carbocycles. The highest BCUT2D eigenvalue weighted by Gasteiger charge is 2.32. The lowest BCUT2D eigenvalue weighted by atomic mass is 10.1. The molecule has 0 aromatic heterocycles. The van der Waals surface area contributed by atoms with E-state index in [1.807, 2.05) is 39.0 Å². The zero-order valence-corrected chi connectivity index (χ0v) is 13.0. The number of benzene rings is 1. The van der Waals surface area contributed by atoms with E-state index in [1.165, 1.54) is 4.90 Å². The summed E-state index contributed by atoms with van der Waals surface area (Å²) in [5.41, 5.74) is 1.69. The first-order valence-electron chi connectivity index (χ1n) is 7.24. The van der Waals surface area contributed by atoms with E-state index >= 15 is 0 Å². The molecular formula is C16H22N2O3. The van der Waals surface area contributed by atoms with Gasteiger partial charge in [-0.2, -0.15) is 0 Å². The molecule has 1 unspecified atom stereocenters. The number of nitrogens with zero attached hydrogens (tertiary/aromatic N) is 1. The SMILES string of the molecule is Cc1ccc2c(c1)N(CC(=O)NCC(C)C)C(=O)C(C)O2. The lowest BCUT2D eigenvalue weighted by Crippen LogP contribution is -2.49. The maximum atomic E-state index is 12.3. The summed E-state index contributed by atoms with van der Waals surface area (Å²) in [6.07, 6.45) is -0.571. The first kappa shape index (κ1) is 15.4. The van der Waals surface area contributed by atoms with Gasteiger partial charge in [0, 0.05) is 6.54 Å². The van der Waals surface area contributed by atoms with Crippen LogP contribution in [0.4, 0.5) is 5.69 Å². The van der Waals surface area contributed by atoms with Crippen LogP contribution in [-0.2, 0) is 9.59 Å². The highest BCUT2D eigenvalue weighted by atomic mass is 16.5. The quantitative estimate of drug-likeness (QED) is 0.921. The molecule has 0 saturated heterocycles. The standard InChI is InChI=1S/C16H22N2O3/c1-10(2)8-17-15(19)9-18-13-7-11(3)5-6-14(13)21-12(4)16(18)20/h5-7,10,12H,8-9H2,1-4H3,(H,17,19). The van der Waals surface area contributed by atoms with Crippen LogP contribution in [0.5, 0.6) is 5.75 Å². The summed E-state index contributed by atoms with van der Waals surface area (Å²) in [5.74, 6) is 0.679. The molecule has 1 aromatic rings. The van der Waals surface area contributed by atoms with Crippen LogP contribution in [0.3, 0.4) is 0 Å². The monoisotopic (exact) mass is 290 g/mol. The summed E-state index contributed by atoms with van der Waals surface area (Å²) < 4.78 is 5.59. The Kier molecular flexibility index (Phi) is 4.50. The average Bonchev–Trinajstić information content (AvgIpc) is 2.42. The van der Waals surface area contributed by atoms with Gasteiger partial charge in [-0.05, 0) is 37.5 Å². The molecular weight excluding hydrogens is 268 g/mol. The van der Waals surface area contributed by atoms with Crippen molar-refractivity contribution < 1.29 is 14.3 Å². The Morgan fingerprint density at radius 2 is 2.14 bits per heavy atom. The number of hydrogen-bond acceptors (Lipinski definition) is 3. The molecule has 1 N–H and O–H groups in total. The number of anilines is 1. The van der Waals surface area contributed by atoms with Gasteiger partial charge in [0.05, 0.1) is 5.69 Å². The van der Waals surface area contributed by atoms with Crippen molar-refractivity contribution in [1.29, 1.82) is 0 Å². The van der Waals surface area contributed by atoms with E-state index in [4.69, 9.17) is 4.74 Å². The molecule has 0 fully saturated rings. The van der Waals surface area contributed by atoms with Crippen molar-refractivity contribution in [3.8, 4) is 5.75 Å². The zero-order valence-electron chi connectivity index (χ0n) is 13.0. The molecule has 2 rings (SSSR count). The van der Waals surface area contributed by atoms with Crippen molar-refractivity contribution in [3.63, 3.8) is 0 Å². The second kappa shape index (κ2) is 6.16. The van der Waals surface area contributed by atoms with Crippen LogP contribution in [0.1, 0.15) is 26.3 Å². The summed E-state index contributed by atoms with van der Waals surface area (Å²) in [6.45, 7) is 8.33. The van der Waals surface area contributed by atoms with Gasteiger partial charge in [0.15, 0.2) is 6.10 Å². The topological polar surface area (TPSA) is 58.6 Å². The fraction of sp³-hybridized carbons (Fsp3) is 0.500. The number of hydrogen-bond donors (Lipinski definition) is 1. The number of carbonyl (C=O) groups is 2. The molecule has 1 atom stereocenters. The van der Waals surface area contributed by atoms with Gasteiger partial charge in [0.1, 0.15) is 12.3 Å². The first-order chi connectivity index (χ1) is 9.88. The molecule has 114 valence electrons. The van der Waals surface area contributed by atoms with Crippen molar-refractivity contribution in [3.05, 3.63) is 23.8 Å². The number of fused-ring (bicyclic) bond motifs is 1. The van der Waals surface area contributed by atoms with E-state index < -0.39 is 6.10 Å². The minimum Gasteiger partial charge on any atom is -0.479 e. The second-order valence-corrected chi connectivity index (χ2v) is 5.85.